The lowest BCUT2D eigenvalue weighted by Crippen LogP contribution is -2.21. The van der Waals surface area contributed by atoms with E-state index in [2.05, 4.69) is 6.92 Å². The van der Waals surface area contributed by atoms with Gasteiger partial charge in [0, 0.05) is 22.7 Å². The van der Waals surface area contributed by atoms with Crippen LogP contribution in [-0.4, -0.2) is 13.2 Å². The number of fused-ring (bicyclic) bond motifs is 1. The minimum Gasteiger partial charge on any atom is -0.490 e. The lowest BCUT2D eigenvalue weighted by molar-refractivity contribution is 0.281. The van der Waals surface area contributed by atoms with Crippen molar-refractivity contribution in [1.82, 2.24) is 0 Å². The van der Waals surface area contributed by atoms with Crippen LogP contribution >= 0.6 is 11.6 Å². The molecule has 0 spiro atoms. The molecule has 0 fully saturated rings. The Labute approximate surface area is 120 Å². The summed E-state index contributed by atoms with van der Waals surface area (Å²) in [5, 5.41) is 0.740. The van der Waals surface area contributed by atoms with Crippen molar-refractivity contribution in [2.45, 2.75) is 45.6 Å². The van der Waals surface area contributed by atoms with Crippen LogP contribution in [0.1, 0.15) is 56.7 Å². The first-order valence-corrected chi connectivity index (χ1v) is 7.35. The summed E-state index contributed by atoms with van der Waals surface area (Å²) in [7, 11) is 0. The first-order valence-electron chi connectivity index (χ1n) is 6.97. The largest absolute Gasteiger partial charge is 0.490 e. The summed E-state index contributed by atoms with van der Waals surface area (Å²) in [6.07, 6.45) is 2.02. The molecular weight excluding hydrogens is 262 g/mol. The Kier molecular flexibility index (Phi) is 4.58. The average molecular weight is 284 g/mol. The van der Waals surface area contributed by atoms with Gasteiger partial charge >= 0.3 is 0 Å². The molecule has 0 heterocycles. The number of halogens is 1. The summed E-state index contributed by atoms with van der Waals surface area (Å²) in [6, 6.07) is 1.84. The van der Waals surface area contributed by atoms with Gasteiger partial charge in [0.1, 0.15) is 0 Å². The highest BCUT2D eigenvalue weighted by Gasteiger charge is 2.30. The van der Waals surface area contributed by atoms with Gasteiger partial charge < -0.3 is 15.2 Å². The number of hydrogen-bond donors (Lipinski definition) is 1. The van der Waals surface area contributed by atoms with Gasteiger partial charge in [-0.2, -0.15) is 0 Å². The Morgan fingerprint density at radius 2 is 1.89 bits per heavy atom. The molecule has 2 N–H and O–H groups in total. The molecule has 1 aliphatic rings. The molecule has 1 aliphatic carbocycles. The molecular formula is C15H22ClNO2. The van der Waals surface area contributed by atoms with E-state index in [0.717, 1.165) is 34.7 Å². The zero-order valence-electron chi connectivity index (χ0n) is 11.8. The summed E-state index contributed by atoms with van der Waals surface area (Å²) in [6.45, 7) is 7.28. The highest BCUT2D eigenvalue weighted by molar-refractivity contribution is 6.31. The second-order valence-corrected chi connectivity index (χ2v) is 5.37. The highest BCUT2D eigenvalue weighted by atomic mass is 35.5. The fourth-order valence-corrected chi connectivity index (χ4v) is 3.17. The third kappa shape index (κ3) is 2.67. The van der Waals surface area contributed by atoms with Gasteiger partial charge in [-0.25, -0.2) is 0 Å². The molecule has 0 radical (unpaired) electrons. The molecule has 0 saturated heterocycles. The van der Waals surface area contributed by atoms with Crippen LogP contribution in [0.5, 0.6) is 11.5 Å². The van der Waals surface area contributed by atoms with Crippen molar-refractivity contribution >= 4 is 11.6 Å². The van der Waals surface area contributed by atoms with Crippen molar-refractivity contribution in [3.05, 3.63) is 22.2 Å². The predicted molar refractivity (Wildman–Crippen MR) is 78.4 cm³/mol. The maximum atomic E-state index is 6.42. The molecule has 0 saturated carbocycles. The minimum absolute atomic E-state index is 0.0225. The van der Waals surface area contributed by atoms with Gasteiger partial charge in [-0.05, 0) is 38.2 Å². The monoisotopic (exact) mass is 283 g/mol. The molecule has 19 heavy (non-hydrogen) atoms. The Morgan fingerprint density at radius 3 is 2.53 bits per heavy atom. The minimum atomic E-state index is -0.0225. The maximum Gasteiger partial charge on any atom is 0.166 e. The molecule has 1 aromatic rings. The predicted octanol–water partition coefficient (Wildman–Crippen LogP) is 4.03. The van der Waals surface area contributed by atoms with Crippen LogP contribution in [0.25, 0.3) is 0 Å². The molecule has 1 unspecified atom stereocenters. The summed E-state index contributed by atoms with van der Waals surface area (Å²) in [5.41, 5.74) is 8.45. The standard InChI is InChI=1S/C15H22ClNO2/c1-4-18-12-8-10(16)13-9(3)6-7-11(17)14(13)15(12)19-5-2/h8-9,11H,4-7,17H2,1-3H3/t9?,11-/m0/s1. The van der Waals surface area contributed by atoms with Gasteiger partial charge in [-0.1, -0.05) is 18.5 Å². The quantitative estimate of drug-likeness (QED) is 0.907. The van der Waals surface area contributed by atoms with E-state index in [-0.39, 0.29) is 6.04 Å². The number of rotatable bonds is 4. The van der Waals surface area contributed by atoms with E-state index < -0.39 is 0 Å². The van der Waals surface area contributed by atoms with Crippen LogP contribution in [0.2, 0.25) is 5.02 Å². The van der Waals surface area contributed by atoms with Crippen molar-refractivity contribution in [2.24, 2.45) is 5.73 Å². The molecule has 106 valence electrons. The van der Waals surface area contributed by atoms with E-state index >= 15 is 0 Å². The van der Waals surface area contributed by atoms with Gasteiger partial charge in [0.15, 0.2) is 11.5 Å². The second kappa shape index (κ2) is 6.02. The third-order valence-electron chi connectivity index (χ3n) is 3.64. The summed E-state index contributed by atoms with van der Waals surface area (Å²) in [4.78, 5) is 0. The molecule has 4 heteroatoms. The molecule has 1 aromatic carbocycles. The smallest absolute Gasteiger partial charge is 0.166 e. The van der Waals surface area contributed by atoms with Crippen LogP contribution in [0, 0.1) is 0 Å². The number of ether oxygens (including phenoxy) is 2. The van der Waals surface area contributed by atoms with Crippen molar-refractivity contribution in [2.75, 3.05) is 13.2 Å². The van der Waals surface area contributed by atoms with Crippen molar-refractivity contribution < 1.29 is 9.47 Å². The maximum absolute atomic E-state index is 6.42. The fraction of sp³-hybridized carbons (Fsp3) is 0.600. The van der Waals surface area contributed by atoms with Gasteiger partial charge in [-0.15, -0.1) is 0 Å². The molecule has 2 rings (SSSR count). The Hall–Kier alpha value is -0.930. The molecule has 0 bridgehead atoms. The normalized spacial score (nSPS) is 21.9. The topological polar surface area (TPSA) is 44.5 Å². The lowest BCUT2D eigenvalue weighted by Gasteiger charge is -2.31. The van der Waals surface area contributed by atoms with Crippen LogP contribution < -0.4 is 15.2 Å². The van der Waals surface area contributed by atoms with E-state index in [9.17, 15) is 0 Å². The lowest BCUT2D eigenvalue weighted by atomic mass is 9.80. The summed E-state index contributed by atoms with van der Waals surface area (Å²) in [5.74, 6) is 1.90. The molecule has 3 nitrogen and oxygen atoms in total. The Balaban J connectivity index is 2.62. The van der Waals surface area contributed by atoms with Gasteiger partial charge in [0.2, 0.25) is 0 Å². The summed E-state index contributed by atoms with van der Waals surface area (Å²) < 4.78 is 11.5. The zero-order chi connectivity index (χ0) is 14.0. The van der Waals surface area contributed by atoms with Crippen LogP contribution in [0.3, 0.4) is 0 Å². The first kappa shape index (κ1) is 14.5. The number of hydrogen-bond acceptors (Lipinski definition) is 3. The van der Waals surface area contributed by atoms with Crippen LogP contribution in [0.4, 0.5) is 0 Å². The molecule has 2 atom stereocenters. The van der Waals surface area contributed by atoms with E-state index in [1.807, 2.05) is 19.9 Å². The fourth-order valence-electron chi connectivity index (χ4n) is 2.79. The van der Waals surface area contributed by atoms with Crippen molar-refractivity contribution in [1.29, 1.82) is 0 Å². The number of nitrogens with two attached hydrogens (primary N) is 1. The molecule has 0 aliphatic heterocycles. The van der Waals surface area contributed by atoms with Gasteiger partial charge in [0.05, 0.1) is 13.2 Å². The second-order valence-electron chi connectivity index (χ2n) is 4.96. The highest BCUT2D eigenvalue weighted by Crippen LogP contribution is 2.48. The molecule has 0 amide bonds. The number of benzene rings is 1. The molecule has 0 aromatic heterocycles. The SMILES string of the molecule is CCOc1cc(Cl)c2c(c1OCC)[C@@H](N)CCC2C. The van der Waals surface area contributed by atoms with E-state index in [4.69, 9.17) is 26.8 Å². The summed E-state index contributed by atoms with van der Waals surface area (Å²) >= 11 is 6.42. The van der Waals surface area contributed by atoms with Crippen LogP contribution in [-0.2, 0) is 0 Å². The van der Waals surface area contributed by atoms with Crippen molar-refractivity contribution in [3.63, 3.8) is 0 Å². The Bertz CT molecular complexity index is 462. The third-order valence-corrected chi connectivity index (χ3v) is 3.95. The van der Waals surface area contributed by atoms with Crippen molar-refractivity contribution in [3.8, 4) is 11.5 Å². The van der Waals surface area contributed by atoms with E-state index in [1.165, 1.54) is 0 Å². The average Bonchev–Trinajstić information content (AvgIpc) is 2.37. The van der Waals surface area contributed by atoms with E-state index in [0.29, 0.717) is 24.9 Å². The van der Waals surface area contributed by atoms with E-state index in [1.54, 1.807) is 0 Å². The Morgan fingerprint density at radius 1 is 1.21 bits per heavy atom. The zero-order valence-corrected chi connectivity index (χ0v) is 12.6. The van der Waals surface area contributed by atoms with Crippen LogP contribution in [0.15, 0.2) is 6.07 Å². The first-order chi connectivity index (χ1) is 9.10. The van der Waals surface area contributed by atoms with Gasteiger partial charge in [-0.3, -0.25) is 0 Å². The van der Waals surface area contributed by atoms with Gasteiger partial charge in [0.25, 0.3) is 0 Å².